The number of hydrogen-bond acceptors (Lipinski definition) is 1. The highest BCUT2D eigenvalue weighted by Crippen LogP contribution is 2.39. The summed E-state index contributed by atoms with van der Waals surface area (Å²) in [6.45, 7) is 5.63. The number of rotatable bonds is 4. The Morgan fingerprint density at radius 3 is 2.12 bits per heavy atom. The molecule has 0 bridgehead atoms. The second-order valence-corrected chi connectivity index (χ2v) is 6.27. The van der Waals surface area contributed by atoms with E-state index in [0.29, 0.717) is 6.10 Å². The first-order valence-electron chi connectivity index (χ1n) is 7.95. The van der Waals surface area contributed by atoms with E-state index in [2.05, 4.69) is 13.8 Å². The Balaban J connectivity index is 1.70. The predicted octanol–water partition coefficient (Wildman–Crippen LogP) is 4.80. The Hall–Kier alpha value is -0.0400. The van der Waals surface area contributed by atoms with Gasteiger partial charge in [0.25, 0.3) is 0 Å². The molecule has 2 rings (SSSR count). The van der Waals surface area contributed by atoms with Crippen molar-refractivity contribution in [2.24, 2.45) is 17.8 Å². The van der Waals surface area contributed by atoms with Gasteiger partial charge in [0.1, 0.15) is 0 Å². The molecule has 0 aromatic heterocycles. The van der Waals surface area contributed by atoms with E-state index in [-0.39, 0.29) is 0 Å². The summed E-state index contributed by atoms with van der Waals surface area (Å²) in [5, 5.41) is 0. The fraction of sp³-hybridized carbons (Fsp3) is 1.00. The van der Waals surface area contributed by atoms with Crippen LogP contribution in [0.25, 0.3) is 0 Å². The van der Waals surface area contributed by atoms with Gasteiger partial charge in [-0.1, -0.05) is 39.5 Å². The third-order valence-corrected chi connectivity index (χ3v) is 5.12. The zero-order chi connectivity index (χ0) is 12.1. The lowest BCUT2D eigenvalue weighted by atomic mass is 9.73. The van der Waals surface area contributed by atoms with Gasteiger partial charge in [-0.3, -0.25) is 0 Å². The SMILES string of the molecule is CCCC1CCC(C2CCC(CC)OC2)CC1. The second-order valence-electron chi connectivity index (χ2n) is 6.27. The van der Waals surface area contributed by atoms with Gasteiger partial charge in [0.05, 0.1) is 12.7 Å². The molecule has 1 saturated carbocycles. The van der Waals surface area contributed by atoms with E-state index in [1.165, 1.54) is 57.8 Å². The second kappa shape index (κ2) is 6.78. The number of hydrogen-bond donors (Lipinski definition) is 0. The average Bonchev–Trinajstić information content (AvgIpc) is 2.40. The van der Waals surface area contributed by atoms with Crippen LogP contribution in [0.15, 0.2) is 0 Å². The van der Waals surface area contributed by atoms with Gasteiger partial charge in [-0.25, -0.2) is 0 Å². The molecule has 1 saturated heterocycles. The minimum Gasteiger partial charge on any atom is -0.378 e. The van der Waals surface area contributed by atoms with Gasteiger partial charge in [-0.05, 0) is 49.9 Å². The van der Waals surface area contributed by atoms with Crippen molar-refractivity contribution in [3.05, 3.63) is 0 Å². The lowest BCUT2D eigenvalue weighted by Gasteiger charge is -2.37. The van der Waals surface area contributed by atoms with Crippen LogP contribution in [-0.2, 0) is 4.74 Å². The monoisotopic (exact) mass is 238 g/mol. The van der Waals surface area contributed by atoms with Crippen molar-refractivity contribution in [1.29, 1.82) is 0 Å². The zero-order valence-electron chi connectivity index (χ0n) is 11.8. The Kier molecular flexibility index (Phi) is 5.34. The summed E-state index contributed by atoms with van der Waals surface area (Å²) in [6.07, 6.45) is 13.3. The summed E-state index contributed by atoms with van der Waals surface area (Å²) in [4.78, 5) is 0. The lowest BCUT2D eigenvalue weighted by Crippen LogP contribution is -2.32. The van der Waals surface area contributed by atoms with Crippen LogP contribution in [0.1, 0.15) is 71.6 Å². The van der Waals surface area contributed by atoms with Crippen LogP contribution in [0.3, 0.4) is 0 Å². The van der Waals surface area contributed by atoms with E-state index in [9.17, 15) is 0 Å². The van der Waals surface area contributed by atoms with Crippen molar-refractivity contribution in [2.75, 3.05) is 6.61 Å². The van der Waals surface area contributed by atoms with Crippen LogP contribution in [0.5, 0.6) is 0 Å². The van der Waals surface area contributed by atoms with Crippen molar-refractivity contribution in [3.63, 3.8) is 0 Å². The molecule has 17 heavy (non-hydrogen) atoms. The molecule has 1 heterocycles. The van der Waals surface area contributed by atoms with Crippen LogP contribution in [0.4, 0.5) is 0 Å². The highest BCUT2D eigenvalue weighted by Gasteiger charge is 2.30. The molecular formula is C16H30O. The molecule has 1 aliphatic carbocycles. The fourth-order valence-electron chi connectivity index (χ4n) is 3.88. The van der Waals surface area contributed by atoms with Crippen molar-refractivity contribution in [1.82, 2.24) is 0 Å². The topological polar surface area (TPSA) is 9.23 Å². The molecule has 2 aliphatic rings. The maximum absolute atomic E-state index is 5.97. The third-order valence-electron chi connectivity index (χ3n) is 5.12. The van der Waals surface area contributed by atoms with Crippen LogP contribution in [0, 0.1) is 17.8 Å². The van der Waals surface area contributed by atoms with E-state index in [1.54, 1.807) is 0 Å². The van der Waals surface area contributed by atoms with Gasteiger partial charge in [0, 0.05) is 0 Å². The van der Waals surface area contributed by atoms with Gasteiger partial charge in [-0.2, -0.15) is 0 Å². The molecule has 0 aromatic carbocycles. The molecule has 2 fully saturated rings. The van der Waals surface area contributed by atoms with E-state index in [0.717, 1.165) is 24.4 Å². The first-order valence-corrected chi connectivity index (χ1v) is 7.95. The predicted molar refractivity (Wildman–Crippen MR) is 73.1 cm³/mol. The van der Waals surface area contributed by atoms with E-state index in [1.807, 2.05) is 0 Å². The van der Waals surface area contributed by atoms with Crippen molar-refractivity contribution < 1.29 is 4.74 Å². The molecule has 0 N–H and O–H groups in total. The van der Waals surface area contributed by atoms with Crippen molar-refractivity contribution >= 4 is 0 Å². The van der Waals surface area contributed by atoms with E-state index in [4.69, 9.17) is 4.74 Å². The summed E-state index contributed by atoms with van der Waals surface area (Å²) < 4.78 is 5.97. The van der Waals surface area contributed by atoms with E-state index >= 15 is 0 Å². The molecule has 100 valence electrons. The van der Waals surface area contributed by atoms with Gasteiger partial charge >= 0.3 is 0 Å². The molecule has 0 spiro atoms. The molecule has 0 radical (unpaired) electrons. The van der Waals surface area contributed by atoms with Gasteiger partial charge in [0.15, 0.2) is 0 Å². The van der Waals surface area contributed by atoms with Crippen LogP contribution >= 0.6 is 0 Å². The molecular weight excluding hydrogens is 208 g/mol. The quantitative estimate of drug-likeness (QED) is 0.683. The van der Waals surface area contributed by atoms with E-state index < -0.39 is 0 Å². The Morgan fingerprint density at radius 2 is 1.59 bits per heavy atom. The minimum atomic E-state index is 0.572. The minimum absolute atomic E-state index is 0.572. The average molecular weight is 238 g/mol. The zero-order valence-corrected chi connectivity index (χ0v) is 11.8. The summed E-state index contributed by atoms with van der Waals surface area (Å²) in [6, 6.07) is 0. The lowest BCUT2D eigenvalue weighted by molar-refractivity contribution is -0.0399. The Bertz CT molecular complexity index is 198. The third kappa shape index (κ3) is 3.71. The van der Waals surface area contributed by atoms with Crippen LogP contribution in [0.2, 0.25) is 0 Å². The molecule has 2 unspecified atom stereocenters. The standard InChI is InChI=1S/C16H30O/c1-3-5-13-6-8-14(9-7-13)15-10-11-16(4-2)17-12-15/h13-16H,3-12H2,1-2H3. The largest absolute Gasteiger partial charge is 0.378 e. The fourth-order valence-corrected chi connectivity index (χ4v) is 3.88. The molecule has 2 atom stereocenters. The molecule has 1 heteroatoms. The molecule has 1 nitrogen and oxygen atoms in total. The first kappa shape index (κ1) is 13.4. The smallest absolute Gasteiger partial charge is 0.0572 e. The summed E-state index contributed by atoms with van der Waals surface area (Å²) in [5.41, 5.74) is 0. The highest BCUT2D eigenvalue weighted by atomic mass is 16.5. The maximum atomic E-state index is 5.97. The Morgan fingerprint density at radius 1 is 0.882 bits per heavy atom. The molecule has 0 amide bonds. The molecule has 0 aromatic rings. The maximum Gasteiger partial charge on any atom is 0.0572 e. The van der Waals surface area contributed by atoms with Gasteiger partial charge in [0.2, 0.25) is 0 Å². The van der Waals surface area contributed by atoms with Crippen molar-refractivity contribution in [3.8, 4) is 0 Å². The first-order chi connectivity index (χ1) is 8.33. The molecule has 1 aliphatic heterocycles. The summed E-state index contributed by atoms with van der Waals surface area (Å²) in [5.74, 6) is 2.92. The van der Waals surface area contributed by atoms with Crippen LogP contribution in [-0.4, -0.2) is 12.7 Å². The number of ether oxygens (including phenoxy) is 1. The normalized spacial score (nSPS) is 39.2. The Labute approximate surface area is 107 Å². The highest BCUT2D eigenvalue weighted by molar-refractivity contribution is 4.80. The van der Waals surface area contributed by atoms with Gasteiger partial charge < -0.3 is 4.74 Å². The van der Waals surface area contributed by atoms with Crippen molar-refractivity contribution in [2.45, 2.75) is 77.7 Å². The van der Waals surface area contributed by atoms with Gasteiger partial charge in [-0.15, -0.1) is 0 Å². The summed E-state index contributed by atoms with van der Waals surface area (Å²) >= 11 is 0. The summed E-state index contributed by atoms with van der Waals surface area (Å²) in [7, 11) is 0. The van der Waals surface area contributed by atoms with Crippen LogP contribution < -0.4 is 0 Å².